The quantitative estimate of drug-likeness (QED) is 0.257. The van der Waals surface area contributed by atoms with Crippen molar-refractivity contribution in [2.24, 2.45) is 10.7 Å². The number of carbonyl (C=O) groups excluding carboxylic acids is 5. The van der Waals surface area contributed by atoms with Crippen LogP contribution < -0.4 is 11.1 Å². The molecule has 49 heavy (non-hydrogen) atoms. The lowest BCUT2D eigenvalue weighted by Crippen LogP contribution is -2.58. The highest BCUT2D eigenvalue weighted by Gasteiger charge is 2.42. The first-order valence-electron chi connectivity index (χ1n) is 16.2. The predicted octanol–water partition coefficient (Wildman–Crippen LogP) is 3.75. The molecule has 2 fully saturated rings. The van der Waals surface area contributed by atoms with Crippen LogP contribution in [0.4, 0.5) is 9.59 Å². The van der Waals surface area contributed by atoms with Gasteiger partial charge in [0, 0.05) is 20.1 Å². The van der Waals surface area contributed by atoms with E-state index in [0.717, 1.165) is 16.0 Å². The SMILES string of the molecule is CN(C(=O)OCc1ccccc1)[C@@H](C(=O)N1CCC[C@H]1C(=O)N[C@H]1CCCN(/C(N)=N/C(=O)OCc2ccccc2)C1=O)c1ccccc1. The van der Waals surface area contributed by atoms with E-state index in [4.69, 9.17) is 15.2 Å². The first-order chi connectivity index (χ1) is 23.7. The third kappa shape index (κ3) is 8.80. The third-order valence-electron chi connectivity index (χ3n) is 8.51. The molecule has 0 spiro atoms. The zero-order chi connectivity index (χ0) is 34.8. The number of guanidine groups is 1. The van der Waals surface area contributed by atoms with Gasteiger partial charge in [-0.3, -0.25) is 24.2 Å². The number of nitrogens with one attached hydrogen (secondary N) is 1. The summed E-state index contributed by atoms with van der Waals surface area (Å²) >= 11 is 0. The molecule has 2 aliphatic heterocycles. The van der Waals surface area contributed by atoms with Crippen LogP contribution in [-0.2, 0) is 37.1 Å². The summed E-state index contributed by atoms with van der Waals surface area (Å²) in [6.07, 6.45) is 0.136. The summed E-state index contributed by atoms with van der Waals surface area (Å²) in [6.45, 7) is 0.537. The molecule has 3 atom stereocenters. The number of likely N-dealkylation sites (N-methyl/N-ethyl adjacent to an activating group) is 1. The monoisotopic (exact) mass is 668 g/mol. The van der Waals surface area contributed by atoms with Crippen LogP contribution in [-0.4, -0.2) is 82.8 Å². The minimum atomic E-state index is -1.05. The van der Waals surface area contributed by atoms with Gasteiger partial charge < -0.3 is 25.4 Å². The molecule has 0 unspecified atom stereocenters. The molecule has 3 aromatic rings. The van der Waals surface area contributed by atoms with Crippen molar-refractivity contribution in [1.29, 1.82) is 0 Å². The second kappa shape index (κ2) is 16.4. The molecule has 0 aromatic heterocycles. The van der Waals surface area contributed by atoms with Crippen molar-refractivity contribution in [2.45, 2.75) is 57.0 Å². The summed E-state index contributed by atoms with van der Waals surface area (Å²) in [5.41, 5.74) is 8.16. The number of nitrogens with zero attached hydrogens (tertiary/aromatic N) is 4. The second-order valence-electron chi connectivity index (χ2n) is 11.9. The molecular formula is C36H40N6O7. The molecule has 0 aliphatic carbocycles. The lowest BCUT2D eigenvalue weighted by Gasteiger charge is -2.35. The largest absolute Gasteiger partial charge is 0.445 e. The van der Waals surface area contributed by atoms with Crippen molar-refractivity contribution < 1.29 is 33.4 Å². The minimum absolute atomic E-state index is 0.00448. The molecule has 5 amide bonds. The molecule has 3 N–H and O–H groups in total. The fourth-order valence-electron chi connectivity index (χ4n) is 5.96. The van der Waals surface area contributed by atoms with Crippen molar-refractivity contribution in [3.63, 3.8) is 0 Å². The molecule has 2 aliphatic rings. The van der Waals surface area contributed by atoms with Crippen molar-refractivity contribution >= 4 is 35.9 Å². The van der Waals surface area contributed by atoms with Gasteiger partial charge in [0.1, 0.15) is 31.3 Å². The Hall–Kier alpha value is -5.72. The Morgan fingerprint density at radius 1 is 0.857 bits per heavy atom. The zero-order valence-corrected chi connectivity index (χ0v) is 27.3. The van der Waals surface area contributed by atoms with Crippen LogP contribution in [0.2, 0.25) is 0 Å². The molecule has 3 aromatic carbocycles. The summed E-state index contributed by atoms with van der Waals surface area (Å²) in [6, 6.07) is 24.2. The molecule has 256 valence electrons. The van der Waals surface area contributed by atoms with E-state index in [1.54, 1.807) is 42.5 Å². The number of benzene rings is 3. The second-order valence-corrected chi connectivity index (χ2v) is 11.9. The van der Waals surface area contributed by atoms with E-state index in [0.29, 0.717) is 37.8 Å². The van der Waals surface area contributed by atoms with Gasteiger partial charge in [-0.25, -0.2) is 9.59 Å². The number of hydrogen-bond donors (Lipinski definition) is 2. The number of amides is 5. The number of likely N-dealkylation sites (tertiary alicyclic amines) is 2. The van der Waals surface area contributed by atoms with E-state index in [1.165, 1.54) is 16.8 Å². The Kier molecular flexibility index (Phi) is 11.6. The van der Waals surface area contributed by atoms with Crippen LogP contribution in [0.3, 0.4) is 0 Å². The van der Waals surface area contributed by atoms with E-state index in [1.807, 2.05) is 48.5 Å². The number of nitrogens with two attached hydrogens (primary N) is 1. The standard InChI is InChI=1S/C36H40N6O7/c1-40(36(47)49-24-26-15-7-3-8-16-26)30(27-17-9-4-10-18-27)33(45)41-21-12-20-29(41)31(43)38-28-19-11-22-42(32(28)44)34(37)39-35(46)48-23-25-13-5-2-6-14-25/h2-10,13-18,28-30H,11-12,19-24H2,1H3,(H,38,43)(H2,37,39,46)/t28-,29-,30+/m0/s1. The smallest absolute Gasteiger partial charge is 0.437 e. The molecule has 2 saturated heterocycles. The van der Waals surface area contributed by atoms with Crippen molar-refractivity contribution in [2.75, 3.05) is 20.1 Å². The Balaban J connectivity index is 1.23. The van der Waals surface area contributed by atoms with Gasteiger partial charge in [0.25, 0.3) is 11.8 Å². The number of hydrogen-bond acceptors (Lipinski definition) is 7. The lowest BCUT2D eigenvalue weighted by atomic mass is 10.0. The van der Waals surface area contributed by atoms with Crippen molar-refractivity contribution in [1.82, 2.24) is 20.0 Å². The predicted molar refractivity (Wildman–Crippen MR) is 179 cm³/mol. The summed E-state index contributed by atoms with van der Waals surface area (Å²) in [5, 5.41) is 2.79. The Labute approximate surface area is 284 Å². The number of ether oxygens (including phenoxy) is 2. The van der Waals surface area contributed by atoms with Gasteiger partial charge in [-0.1, -0.05) is 91.0 Å². The van der Waals surface area contributed by atoms with Crippen LogP contribution in [0.5, 0.6) is 0 Å². The average molecular weight is 669 g/mol. The maximum atomic E-state index is 14.2. The molecule has 0 bridgehead atoms. The fraction of sp³-hybridized carbons (Fsp3) is 0.333. The van der Waals surface area contributed by atoms with Gasteiger partial charge >= 0.3 is 12.2 Å². The summed E-state index contributed by atoms with van der Waals surface area (Å²) in [4.78, 5) is 74.2. The third-order valence-corrected chi connectivity index (χ3v) is 8.51. The van der Waals surface area contributed by atoms with Gasteiger partial charge in [-0.05, 0) is 42.4 Å². The Morgan fingerprint density at radius 3 is 2.06 bits per heavy atom. The summed E-state index contributed by atoms with van der Waals surface area (Å²) in [5.74, 6) is -1.78. The van der Waals surface area contributed by atoms with Crippen LogP contribution in [0.15, 0.2) is 96.0 Å². The van der Waals surface area contributed by atoms with Crippen LogP contribution in [0.25, 0.3) is 0 Å². The fourth-order valence-corrected chi connectivity index (χ4v) is 5.96. The van der Waals surface area contributed by atoms with Gasteiger partial charge in [-0.15, -0.1) is 4.99 Å². The highest BCUT2D eigenvalue weighted by molar-refractivity contribution is 6.03. The maximum Gasteiger partial charge on any atom is 0.437 e. The van der Waals surface area contributed by atoms with Crippen molar-refractivity contribution in [3.05, 3.63) is 108 Å². The Bertz CT molecular complexity index is 1650. The van der Waals surface area contributed by atoms with E-state index in [-0.39, 0.29) is 25.7 Å². The molecule has 0 radical (unpaired) electrons. The molecule has 13 nitrogen and oxygen atoms in total. The molecule has 0 saturated carbocycles. The van der Waals surface area contributed by atoms with Crippen LogP contribution >= 0.6 is 0 Å². The first kappa shape index (κ1) is 34.6. The highest BCUT2D eigenvalue weighted by atomic mass is 16.6. The maximum absolute atomic E-state index is 14.2. The summed E-state index contributed by atoms with van der Waals surface area (Å²) in [7, 11) is 1.49. The number of carbonyl (C=O) groups is 5. The van der Waals surface area contributed by atoms with Gasteiger partial charge in [0.05, 0.1) is 0 Å². The topological polar surface area (TPSA) is 164 Å². The first-order valence-corrected chi connectivity index (χ1v) is 16.2. The van der Waals surface area contributed by atoms with E-state index >= 15 is 0 Å². The molecular weight excluding hydrogens is 628 g/mol. The molecule has 5 rings (SSSR count). The van der Waals surface area contributed by atoms with Crippen molar-refractivity contribution in [3.8, 4) is 0 Å². The lowest BCUT2D eigenvalue weighted by molar-refractivity contribution is -0.143. The van der Waals surface area contributed by atoms with Gasteiger partial charge in [-0.2, -0.15) is 0 Å². The Morgan fingerprint density at radius 2 is 1.43 bits per heavy atom. The minimum Gasteiger partial charge on any atom is -0.445 e. The molecule has 13 heteroatoms. The normalized spacial score (nSPS) is 18.4. The highest BCUT2D eigenvalue weighted by Crippen LogP contribution is 2.28. The van der Waals surface area contributed by atoms with E-state index < -0.39 is 48.0 Å². The van der Waals surface area contributed by atoms with Crippen LogP contribution in [0, 0.1) is 0 Å². The van der Waals surface area contributed by atoms with Crippen LogP contribution in [0.1, 0.15) is 48.4 Å². The summed E-state index contributed by atoms with van der Waals surface area (Å²) < 4.78 is 10.7. The van der Waals surface area contributed by atoms with E-state index in [9.17, 15) is 24.0 Å². The zero-order valence-electron chi connectivity index (χ0n) is 27.3. The van der Waals surface area contributed by atoms with E-state index in [2.05, 4.69) is 10.3 Å². The average Bonchev–Trinajstić information content (AvgIpc) is 3.62. The number of piperidine rings is 1. The number of aliphatic imine (C=N–C) groups is 1. The molecule has 2 heterocycles. The van der Waals surface area contributed by atoms with Gasteiger partial charge in [0.2, 0.25) is 11.9 Å². The van der Waals surface area contributed by atoms with Gasteiger partial charge in [0.15, 0.2) is 0 Å². The number of rotatable bonds is 9.